The molecule has 0 amide bonds. The van der Waals surface area contributed by atoms with Gasteiger partial charge in [-0.2, -0.15) is 11.8 Å². The highest BCUT2D eigenvalue weighted by atomic mass is 35.5. The minimum atomic E-state index is 0.175. The summed E-state index contributed by atoms with van der Waals surface area (Å²) in [6, 6.07) is 11.9. The Labute approximate surface area is 143 Å². The van der Waals surface area contributed by atoms with Gasteiger partial charge in [-0.25, -0.2) is 0 Å². The van der Waals surface area contributed by atoms with Gasteiger partial charge in [0.2, 0.25) is 0 Å². The average Bonchev–Trinajstić information content (AvgIpc) is 2.55. The summed E-state index contributed by atoms with van der Waals surface area (Å²) in [6.07, 6.45) is 0.948. The summed E-state index contributed by atoms with van der Waals surface area (Å²) in [5.74, 6) is 1.89. The summed E-state index contributed by atoms with van der Waals surface area (Å²) in [5.41, 5.74) is 6.44. The van der Waals surface area contributed by atoms with Crippen molar-refractivity contribution < 1.29 is 0 Å². The Morgan fingerprint density at radius 3 is 2.87 bits per heavy atom. The van der Waals surface area contributed by atoms with E-state index in [0.717, 1.165) is 61.8 Å². The van der Waals surface area contributed by atoms with E-state index in [4.69, 9.17) is 11.6 Å². The monoisotopic (exact) mass is 341 g/mol. The maximum Gasteiger partial charge on any atom is 0.193 e. The van der Waals surface area contributed by atoms with Crippen molar-refractivity contribution in [2.75, 3.05) is 5.75 Å². The van der Waals surface area contributed by atoms with Crippen LogP contribution in [0.2, 0.25) is 5.02 Å². The second kappa shape index (κ2) is 5.73. The van der Waals surface area contributed by atoms with Crippen molar-refractivity contribution in [3.63, 3.8) is 0 Å². The lowest BCUT2D eigenvalue weighted by molar-refractivity contribution is 1.00. The molecule has 116 valence electrons. The van der Waals surface area contributed by atoms with Crippen molar-refractivity contribution in [3.8, 4) is 11.1 Å². The molecule has 4 heteroatoms. The molecule has 0 spiro atoms. The third-order valence-electron chi connectivity index (χ3n) is 4.43. The van der Waals surface area contributed by atoms with Crippen LogP contribution in [0, 0.1) is 6.92 Å². The van der Waals surface area contributed by atoms with Gasteiger partial charge in [0, 0.05) is 32.9 Å². The van der Waals surface area contributed by atoms with E-state index in [1.165, 1.54) is 0 Å². The second-order valence-corrected chi connectivity index (χ2v) is 7.48. The maximum atomic E-state index is 12.8. The Bertz CT molecular complexity index is 977. The van der Waals surface area contributed by atoms with Crippen molar-refractivity contribution in [1.29, 1.82) is 0 Å². The number of aromatic amines is 1. The molecule has 1 aliphatic rings. The Hall–Kier alpha value is -1.71. The van der Waals surface area contributed by atoms with Gasteiger partial charge in [0.25, 0.3) is 0 Å². The highest BCUT2D eigenvalue weighted by Gasteiger charge is 2.16. The highest BCUT2D eigenvalue weighted by Crippen LogP contribution is 2.29. The number of hydrogen-bond donors (Lipinski definition) is 1. The third-order valence-corrected chi connectivity index (χ3v) is 5.65. The van der Waals surface area contributed by atoms with Crippen LogP contribution >= 0.6 is 23.4 Å². The molecule has 0 aliphatic carbocycles. The van der Waals surface area contributed by atoms with Crippen LogP contribution in [0.3, 0.4) is 0 Å². The van der Waals surface area contributed by atoms with E-state index >= 15 is 0 Å². The standard InChI is InChI=1S/C19H16ClNOS/c1-11-8-13(20)3-4-14(11)12-2-5-17-15(9-12)19(22)16-10-23-7-6-18(16)21-17/h2-5,8-9H,6-7,10H2,1H3,(H,21,22). The van der Waals surface area contributed by atoms with Gasteiger partial charge in [0.05, 0.1) is 0 Å². The molecule has 0 saturated carbocycles. The van der Waals surface area contributed by atoms with Gasteiger partial charge < -0.3 is 4.98 Å². The molecule has 2 heterocycles. The van der Waals surface area contributed by atoms with Crippen LogP contribution in [-0.4, -0.2) is 10.7 Å². The summed E-state index contributed by atoms with van der Waals surface area (Å²) in [5, 5.41) is 1.51. The van der Waals surface area contributed by atoms with Crippen LogP contribution in [0.25, 0.3) is 22.0 Å². The lowest BCUT2D eigenvalue weighted by Crippen LogP contribution is -2.18. The number of aryl methyl sites for hydroxylation is 2. The van der Waals surface area contributed by atoms with Gasteiger partial charge in [-0.05, 0) is 60.1 Å². The fourth-order valence-electron chi connectivity index (χ4n) is 3.21. The molecule has 2 nitrogen and oxygen atoms in total. The number of aromatic nitrogens is 1. The summed E-state index contributed by atoms with van der Waals surface area (Å²) in [4.78, 5) is 16.3. The number of rotatable bonds is 1. The number of halogens is 1. The van der Waals surface area contributed by atoms with Crippen molar-refractivity contribution >= 4 is 34.3 Å². The van der Waals surface area contributed by atoms with E-state index in [-0.39, 0.29) is 5.43 Å². The van der Waals surface area contributed by atoms with E-state index in [1.807, 2.05) is 49.0 Å². The first-order chi connectivity index (χ1) is 11.1. The molecule has 4 rings (SSSR count). The number of hydrogen-bond acceptors (Lipinski definition) is 2. The molecule has 0 radical (unpaired) electrons. The quantitative estimate of drug-likeness (QED) is 0.679. The molecule has 0 fully saturated rings. The molecule has 23 heavy (non-hydrogen) atoms. The minimum absolute atomic E-state index is 0.175. The number of fused-ring (bicyclic) bond motifs is 2. The molecule has 0 atom stereocenters. The van der Waals surface area contributed by atoms with Crippen molar-refractivity contribution in [3.05, 3.63) is 68.5 Å². The number of pyridine rings is 1. The van der Waals surface area contributed by atoms with Gasteiger partial charge >= 0.3 is 0 Å². The number of thioether (sulfide) groups is 1. The molecule has 0 unspecified atom stereocenters. The van der Waals surface area contributed by atoms with E-state index in [0.29, 0.717) is 0 Å². The largest absolute Gasteiger partial charge is 0.358 e. The summed E-state index contributed by atoms with van der Waals surface area (Å²) in [7, 11) is 0. The van der Waals surface area contributed by atoms with E-state index in [9.17, 15) is 4.79 Å². The zero-order valence-corrected chi connectivity index (χ0v) is 14.4. The van der Waals surface area contributed by atoms with Gasteiger partial charge in [-0.3, -0.25) is 4.79 Å². The third kappa shape index (κ3) is 2.58. The number of benzene rings is 2. The predicted octanol–water partition coefficient (Wildman–Crippen LogP) is 4.95. The van der Waals surface area contributed by atoms with Gasteiger partial charge in [-0.15, -0.1) is 0 Å². The second-order valence-electron chi connectivity index (χ2n) is 5.93. The molecule has 1 N–H and O–H groups in total. The van der Waals surface area contributed by atoms with Crippen LogP contribution in [0.1, 0.15) is 16.8 Å². The lowest BCUT2D eigenvalue weighted by Gasteiger charge is -2.16. The normalized spacial score (nSPS) is 14.0. The minimum Gasteiger partial charge on any atom is -0.358 e. The van der Waals surface area contributed by atoms with Crippen LogP contribution in [0.4, 0.5) is 0 Å². The first kappa shape index (κ1) is 14.9. The molecular weight excluding hydrogens is 326 g/mol. The zero-order valence-electron chi connectivity index (χ0n) is 12.8. The van der Waals surface area contributed by atoms with Gasteiger partial charge in [0.1, 0.15) is 0 Å². The summed E-state index contributed by atoms with van der Waals surface area (Å²) in [6.45, 7) is 2.04. The summed E-state index contributed by atoms with van der Waals surface area (Å²) >= 11 is 7.88. The van der Waals surface area contributed by atoms with Crippen LogP contribution in [0.15, 0.2) is 41.2 Å². The molecule has 0 saturated heterocycles. The SMILES string of the molecule is Cc1cc(Cl)ccc1-c1ccc2[nH]c3c(c(=O)c2c1)CSCC3. The van der Waals surface area contributed by atoms with Gasteiger partial charge in [0.15, 0.2) is 5.43 Å². The Morgan fingerprint density at radius 2 is 2.04 bits per heavy atom. The molecule has 3 aromatic rings. The molecule has 1 aliphatic heterocycles. The Kier molecular flexibility index (Phi) is 3.70. The maximum absolute atomic E-state index is 12.8. The van der Waals surface area contributed by atoms with Crippen LogP contribution in [0.5, 0.6) is 0 Å². The predicted molar refractivity (Wildman–Crippen MR) is 99.6 cm³/mol. The topological polar surface area (TPSA) is 32.9 Å². The fraction of sp³-hybridized carbons (Fsp3) is 0.211. The molecule has 1 aromatic heterocycles. The van der Waals surface area contributed by atoms with Crippen molar-refractivity contribution in [2.24, 2.45) is 0 Å². The van der Waals surface area contributed by atoms with Crippen LogP contribution in [-0.2, 0) is 12.2 Å². The Balaban J connectivity index is 1.94. The lowest BCUT2D eigenvalue weighted by atomic mass is 9.98. The average molecular weight is 342 g/mol. The fourth-order valence-corrected chi connectivity index (χ4v) is 4.44. The van der Waals surface area contributed by atoms with E-state index < -0.39 is 0 Å². The number of nitrogens with one attached hydrogen (secondary N) is 1. The molecule has 2 aromatic carbocycles. The zero-order chi connectivity index (χ0) is 16.0. The van der Waals surface area contributed by atoms with Gasteiger partial charge in [-0.1, -0.05) is 23.7 Å². The summed E-state index contributed by atoms with van der Waals surface area (Å²) < 4.78 is 0. The molecule has 0 bridgehead atoms. The van der Waals surface area contributed by atoms with E-state index in [1.54, 1.807) is 0 Å². The van der Waals surface area contributed by atoms with Crippen molar-refractivity contribution in [2.45, 2.75) is 19.1 Å². The van der Waals surface area contributed by atoms with E-state index in [2.05, 4.69) is 11.1 Å². The first-order valence-electron chi connectivity index (χ1n) is 7.65. The number of H-pyrrole nitrogens is 1. The first-order valence-corrected chi connectivity index (χ1v) is 9.19. The Morgan fingerprint density at radius 1 is 1.17 bits per heavy atom. The highest BCUT2D eigenvalue weighted by molar-refractivity contribution is 7.98. The molecular formula is C19H16ClNOS. The van der Waals surface area contributed by atoms with Crippen molar-refractivity contribution in [1.82, 2.24) is 4.98 Å². The smallest absolute Gasteiger partial charge is 0.193 e. The van der Waals surface area contributed by atoms with Crippen LogP contribution < -0.4 is 5.43 Å².